The number of halogens is 3. The summed E-state index contributed by atoms with van der Waals surface area (Å²) in [5.74, 6) is 2.23. The van der Waals surface area contributed by atoms with Crippen molar-refractivity contribution in [1.82, 2.24) is 5.43 Å². The van der Waals surface area contributed by atoms with E-state index < -0.39 is 28.3 Å². The van der Waals surface area contributed by atoms with Crippen LogP contribution in [0.15, 0.2) is 71.8 Å². The maximum absolute atomic E-state index is 12.9. The Morgan fingerprint density at radius 1 is 1.05 bits per heavy atom. The maximum Gasteiger partial charge on any atom is 0.416 e. The third kappa shape index (κ3) is 7.42. The number of hydrogen-bond acceptors (Lipinski definition) is 8. The molecular weight excluding hydrogens is 543 g/mol. The normalized spacial score (nSPS) is 14.0. The zero-order valence-electron chi connectivity index (χ0n) is 19.5. The summed E-state index contributed by atoms with van der Waals surface area (Å²) in [7, 11) is 0. The molecule has 3 aromatic carbocycles. The summed E-state index contributed by atoms with van der Waals surface area (Å²) in [6.07, 6.45) is -3.35. The minimum atomic E-state index is -4.72. The lowest BCUT2D eigenvalue weighted by atomic mass is 10.2. The van der Waals surface area contributed by atoms with Crippen LogP contribution in [-0.4, -0.2) is 35.2 Å². The molecule has 1 aliphatic rings. The Morgan fingerprint density at radius 2 is 1.71 bits per heavy atom. The Morgan fingerprint density at radius 3 is 2.34 bits per heavy atom. The largest absolute Gasteiger partial charge is 0.484 e. The van der Waals surface area contributed by atoms with Crippen molar-refractivity contribution in [2.75, 3.05) is 18.1 Å². The molecule has 1 amide bonds. The molecule has 0 radical (unpaired) electrons. The number of nitro groups is 1. The molecule has 1 saturated heterocycles. The summed E-state index contributed by atoms with van der Waals surface area (Å²) >= 11 is 3.81. The van der Waals surface area contributed by atoms with Crippen LogP contribution in [0.5, 0.6) is 17.2 Å². The van der Waals surface area contributed by atoms with E-state index in [4.69, 9.17) is 9.47 Å². The van der Waals surface area contributed by atoms with Crippen LogP contribution < -0.4 is 14.9 Å². The predicted molar refractivity (Wildman–Crippen MR) is 140 cm³/mol. The number of hydrazone groups is 1. The molecule has 0 unspecified atom stereocenters. The van der Waals surface area contributed by atoms with E-state index >= 15 is 0 Å². The summed E-state index contributed by atoms with van der Waals surface area (Å²) in [6, 6.07) is 15.7. The van der Waals surface area contributed by atoms with Gasteiger partial charge >= 0.3 is 11.9 Å². The van der Waals surface area contributed by atoms with Crippen LogP contribution in [0.25, 0.3) is 0 Å². The highest BCUT2D eigenvalue weighted by molar-refractivity contribution is 8.19. The summed E-state index contributed by atoms with van der Waals surface area (Å²) in [5, 5.41) is 15.1. The maximum atomic E-state index is 12.9. The number of thioether (sulfide) groups is 2. The average Bonchev–Trinajstić information content (AvgIpc) is 3.43. The number of carbonyl (C=O) groups excluding carboxylic acids is 1. The van der Waals surface area contributed by atoms with E-state index in [1.165, 1.54) is 23.9 Å². The van der Waals surface area contributed by atoms with E-state index in [0.717, 1.165) is 17.6 Å². The first kappa shape index (κ1) is 27.3. The van der Waals surface area contributed by atoms with Gasteiger partial charge in [0.05, 0.1) is 21.3 Å². The van der Waals surface area contributed by atoms with Crippen molar-refractivity contribution >= 4 is 41.3 Å². The molecule has 38 heavy (non-hydrogen) atoms. The van der Waals surface area contributed by atoms with Crippen molar-refractivity contribution in [3.05, 3.63) is 93.5 Å². The Balaban J connectivity index is 1.27. The molecule has 1 fully saturated rings. The monoisotopic (exact) mass is 563 g/mol. The highest BCUT2D eigenvalue weighted by Gasteiger charge is 2.33. The van der Waals surface area contributed by atoms with Gasteiger partial charge in [-0.1, -0.05) is 12.1 Å². The summed E-state index contributed by atoms with van der Waals surface area (Å²) in [4.78, 5) is 22.3. The molecule has 0 saturated carbocycles. The number of alkyl halides is 3. The number of nitro benzene ring substituents is 1. The van der Waals surface area contributed by atoms with Crippen LogP contribution >= 0.6 is 23.5 Å². The van der Waals surface area contributed by atoms with Crippen LogP contribution in [0.2, 0.25) is 0 Å². The van der Waals surface area contributed by atoms with Crippen LogP contribution in [0.1, 0.15) is 21.3 Å². The molecule has 4 rings (SSSR count). The van der Waals surface area contributed by atoms with E-state index in [1.807, 2.05) is 47.8 Å². The molecule has 0 aliphatic carbocycles. The number of nitrogens with one attached hydrogen (secondary N) is 1. The van der Waals surface area contributed by atoms with Gasteiger partial charge in [-0.2, -0.15) is 18.3 Å². The van der Waals surface area contributed by atoms with Crippen molar-refractivity contribution in [2.45, 2.75) is 10.8 Å². The molecule has 3 aromatic rings. The first-order valence-corrected chi connectivity index (χ1v) is 13.2. The van der Waals surface area contributed by atoms with Gasteiger partial charge in [0.25, 0.3) is 5.91 Å². The SMILES string of the molecule is O=C(COc1ccc(C2SCCS2)cc1)N/N=C\c1ccc(Oc2ccc(C(F)(F)F)cc2[N+](=O)[O-])cc1. The molecule has 0 aromatic heterocycles. The molecule has 13 heteroatoms. The lowest BCUT2D eigenvalue weighted by molar-refractivity contribution is -0.385. The molecule has 0 spiro atoms. The van der Waals surface area contributed by atoms with Gasteiger partial charge in [-0.05, 0) is 59.7 Å². The van der Waals surface area contributed by atoms with Crippen LogP contribution in [0, 0.1) is 10.1 Å². The third-order valence-corrected chi connectivity index (χ3v) is 8.24. The lowest BCUT2D eigenvalue weighted by Gasteiger charge is -2.10. The van der Waals surface area contributed by atoms with Gasteiger partial charge < -0.3 is 9.47 Å². The summed E-state index contributed by atoms with van der Waals surface area (Å²) in [5.41, 5.74) is 2.18. The number of carbonyl (C=O) groups is 1. The molecule has 1 aliphatic heterocycles. The van der Waals surface area contributed by atoms with Crippen molar-refractivity contribution in [3.8, 4) is 17.2 Å². The van der Waals surface area contributed by atoms with Crippen LogP contribution in [-0.2, 0) is 11.0 Å². The van der Waals surface area contributed by atoms with E-state index in [-0.39, 0.29) is 18.1 Å². The Bertz CT molecular complexity index is 1310. The molecule has 1 heterocycles. The molecule has 8 nitrogen and oxygen atoms in total. The number of rotatable bonds is 9. The third-order valence-electron chi connectivity index (χ3n) is 5.14. The minimum Gasteiger partial charge on any atom is -0.484 e. The van der Waals surface area contributed by atoms with Crippen LogP contribution in [0.3, 0.4) is 0 Å². The molecule has 0 atom stereocenters. The number of ether oxygens (including phenoxy) is 2. The van der Waals surface area contributed by atoms with Gasteiger partial charge in [0.15, 0.2) is 6.61 Å². The highest BCUT2D eigenvalue weighted by atomic mass is 32.2. The van der Waals surface area contributed by atoms with E-state index in [2.05, 4.69) is 10.5 Å². The number of nitrogens with zero attached hydrogens (tertiary/aromatic N) is 2. The molecular formula is C25H20F3N3O5S2. The molecule has 0 bridgehead atoms. The predicted octanol–water partition coefficient (Wildman–Crippen LogP) is 6.41. The van der Waals surface area contributed by atoms with E-state index in [9.17, 15) is 28.1 Å². The van der Waals surface area contributed by atoms with Gasteiger partial charge in [0, 0.05) is 17.6 Å². The quantitative estimate of drug-likeness (QED) is 0.182. The standard InChI is InChI=1S/C25H20F3N3O5S2/c26-25(27,28)18-5-10-22(21(13-18)31(33)34)36-20-6-1-16(2-7-20)14-29-30-23(32)15-35-19-8-3-17(4-9-19)24-37-11-12-38-24/h1-10,13-14,24H,11-12,15H2,(H,30,32)/b29-14-. The number of amides is 1. The highest BCUT2D eigenvalue weighted by Crippen LogP contribution is 2.45. The van der Waals surface area contributed by atoms with Crippen molar-refractivity contribution in [2.24, 2.45) is 5.10 Å². The first-order chi connectivity index (χ1) is 18.2. The second kappa shape index (κ2) is 12.2. The number of hydrogen-bond donors (Lipinski definition) is 1. The second-order valence-electron chi connectivity index (χ2n) is 7.83. The van der Waals surface area contributed by atoms with Gasteiger partial charge in [-0.25, -0.2) is 5.43 Å². The molecule has 1 N–H and O–H groups in total. The van der Waals surface area contributed by atoms with E-state index in [1.54, 1.807) is 12.1 Å². The Labute approximate surface area is 223 Å². The average molecular weight is 564 g/mol. The molecule has 198 valence electrons. The zero-order chi connectivity index (χ0) is 27.1. The Kier molecular flexibility index (Phi) is 8.79. The van der Waals surface area contributed by atoms with Gasteiger partial charge in [-0.3, -0.25) is 14.9 Å². The zero-order valence-corrected chi connectivity index (χ0v) is 21.1. The van der Waals surface area contributed by atoms with Crippen molar-refractivity contribution in [1.29, 1.82) is 0 Å². The lowest BCUT2D eigenvalue weighted by Crippen LogP contribution is -2.24. The second-order valence-corrected chi connectivity index (χ2v) is 10.6. The van der Waals surface area contributed by atoms with Gasteiger partial charge in [0.1, 0.15) is 11.5 Å². The minimum absolute atomic E-state index is 0.165. The van der Waals surface area contributed by atoms with E-state index in [0.29, 0.717) is 28.0 Å². The number of benzene rings is 3. The summed E-state index contributed by atoms with van der Waals surface area (Å²) < 4.78 is 49.9. The smallest absolute Gasteiger partial charge is 0.416 e. The first-order valence-electron chi connectivity index (χ1n) is 11.1. The Hall–Kier alpha value is -3.71. The van der Waals surface area contributed by atoms with Gasteiger partial charge in [-0.15, -0.1) is 23.5 Å². The van der Waals surface area contributed by atoms with Crippen LogP contribution in [0.4, 0.5) is 18.9 Å². The fourth-order valence-electron chi connectivity index (χ4n) is 3.30. The fraction of sp³-hybridized carbons (Fsp3) is 0.200. The van der Waals surface area contributed by atoms with Crippen molar-refractivity contribution < 1.29 is 32.4 Å². The van der Waals surface area contributed by atoms with Crippen molar-refractivity contribution in [3.63, 3.8) is 0 Å². The fourth-order valence-corrected chi connectivity index (χ4v) is 6.16. The topological polar surface area (TPSA) is 103 Å². The summed E-state index contributed by atoms with van der Waals surface area (Å²) in [6.45, 7) is -0.220. The van der Waals surface area contributed by atoms with Gasteiger partial charge in [0.2, 0.25) is 5.75 Å².